The number of carbonyl (C=O) groups excluding carboxylic acids is 2. The molecule has 7 heteroatoms. The summed E-state index contributed by atoms with van der Waals surface area (Å²) < 4.78 is 10.5. The topological polar surface area (TPSA) is 93.5 Å². The highest BCUT2D eigenvalue weighted by Crippen LogP contribution is 2.25. The normalized spacial score (nSPS) is 10.5. The van der Waals surface area contributed by atoms with Crippen LogP contribution in [0.1, 0.15) is 20.7 Å². The van der Waals surface area contributed by atoms with Crippen molar-refractivity contribution in [1.82, 2.24) is 15.8 Å². The average Bonchev–Trinajstić information content (AvgIpc) is 3.31. The van der Waals surface area contributed by atoms with Gasteiger partial charge in [0, 0.05) is 10.9 Å². The van der Waals surface area contributed by atoms with E-state index in [4.69, 9.17) is 9.15 Å². The Labute approximate surface area is 166 Å². The van der Waals surface area contributed by atoms with Gasteiger partial charge in [-0.1, -0.05) is 24.3 Å². The Bertz CT molecular complexity index is 1190. The van der Waals surface area contributed by atoms with E-state index in [9.17, 15) is 9.59 Å². The Morgan fingerprint density at radius 3 is 2.55 bits per heavy atom. The van der Waals surface area contributed by atoms with E-state index >= 15 is 0 Å². The molecule has 0 unspecified atom stereocenters. The van der Waals surface area contributed by atoms with Crippen LogP contribution in [0.15, 0.2) is 77.4 Å². The number of aromatic nitrogens is 1. The second kappa shape index (κ2) is 7.85. The summed E-state index contributed by atoms with van der Waals surface area (Å²) in [6, 6.07) is 19.1. The fraction of sp³-hybridized carbons (Fsp3) is 0.0455. The molecule has 2 aromatic heterocycles. The van der Waals surface area contributed by atoms with E-state index in [1.165, 1.54) is 7.11 Å². The summed E-state index contributed by atoms with van der Waals surface area (Å²) >= 11 is 0. The minimum Gasteiger partial charge on any atom is -0.497 e. The summed E-state index contributed by atoms with van der Waals surface area (Å²) in [5.41, 5.74) is 6.79. The van der Waals surface area contributed by atoms with Gasteiger partial charge in [-0.05, 0) is 42.5 Å². The van der Waals surface area contributed by atoms with Crippen LogP contribution >= 0.6 is 0 Å². The first kappa shape index (κ1) is 18.2. The zero-order chi connectivity index (χ0) is 20.2. The van der Waals surface area contributed by atoms with Crippen molar-refractivity contribution in [2.45, 2.75) is 0 Å². The summed E-state index contributed by atoms with van der Waals surface area (Å²) in [6.07, 6.45) is 1.54. The number of hydrazine groups is 1. The molecule has 0 aliphatic carbocycles. The molecule has 0 aliphatic rings. The van der Waals surface area contributed by atoms with Gasteiger partial charge in [0.15, 0.2) is 5.76 Å². The largest absolute Gasteiger partial charge is 0.497 e. The van der Waals surface area contributed by atoms with Crippen LogP contribution in [0.5, 0.6) is 5.75 Å². The molecule has 4 aromatic rings. The standard InChI is InChI=1S/C22H17N3O4/c1-28-15-7-4-6-14(12-15)21(26)24-25-22(27)17-13-19(20-10-5-11-29-20)23-18-9-3-2-8-16(17)18/h2-13H,1H3,(H,24,26)(H,25,27). The zero-order valence-electron chi connectivity index (χ0n) is 15.5. The molecule has 4 rings (SSSR count). The summed E-state index contributed by atoms with van der Waals surface area (Å²) in [6.45, 7) is 0. The zero-order valence-corrected chi connectivity index (χ0v) is 15.5. The lowest BCUT2D eigenvalue weighted by Gasteiger charge is -2.11. The van der Waals surface area contributed by atoms with Crippen molar-refractivity contribution < 1.29 is 18.7 Å². The summed E-state index contributed by atoms with van der Waals surface area (Å²) in [5, 5.41) is 0.663. The molecule has 144 valence electrons. The van der Waals surface area contributed by atoms with E-state index in [0.29, 0.717) is 39.2 Å². The number of para-hydroxylation sites is 1. The third-order valence-corrected chi connectivity index (χ3v) is 4.36. The van der Waals surface area contributed by atoms with Crippen molar-refractivity contribution in [2.24, 2.45) is 0 Å². The summed E-state index contributed by atoms with van der Waals surface area (Å²) in [5.74, 6) is 0.173. The maximum absolute atomic E-state index is 12.8. The third-order valence-electron chi connectivity index (χ3n) is 4.36. The Morgan fingerprint density at radius 2 is 1.76 bits per heavy atom. The highest BCUT2D eigenvalue weighted by Gasteiger charge is 2.16. The van der Waals surface area contributed by atoms with Crippen LogP contribution in [-0.2, 0) is 0 Å². The first-order valence-corrected chi connectivity index (χ1v) is 8.84. The highest BCUT2D eigenvalue weighted by atomic mass is 16.5. The Hall–Kier alpha value is -4.13. The SMILES string of the molecule is COc1cccc(C(=O)NNC(=O)c2cc(-c3ccco3)nc3ccccc23)c1. The van der Waals surface area contributed by atoms with Crippen LogP contribution in [0.2, 0.25) is 0 Å². The molecule has 2 amide bonds. The van der Waals surface area contributed by atoms with Crippen LogP contribution in [0.25, 0.3) is 22.4 Å². The number of benzene rings is 2. The molecule has 2 heterocycles. The number of carbonyl (C=O) groups is 2. The molecule has 0 bridgehead atoms. The fourth-order valence-electron chi connectivity index (χ4n) is 2.93. The summed E-state index contributed by atoms with van der Waals surface area (Å²) in [7, 11) is 1.52. The minimum atomic E-state index is -0.465. The van der Waals surface area contributed by atoms with Gasteiger partial charge in [0.05, 0.1) is 24.5 Å². The summed E-state index contributed by atoms with van der Waals surface area (Å²) in [4.78, 5) is 29.7. The first-order chi connectivity index (χ1) is 14.2. The number of hydrogen-bond acceptors (Lipinski definition) is 5. The van der Waals surface area contributed by atoms with Crippen molar-refractivity contribution in [3.05, 3.63) is 84.1 Å². The van der Waals surface area contributed by atoms with Gasteiger partial charge >= 0.3 is 0 Å². The van der Waals surface area contributed by atoms with Crippen molar-refractivity contribution in [3.8, 4) is 17.2 Å². The monoisotopic (exact) mass is 387 g/mol. The van der Waals surface area contributed by atoms with Crippen molar-refractivity contribution in [2.75, 3.05) is 7.11 Å². The Kier molecular flexibility index (Phi) is 4.94. The minimum absolute atomic E-state index is 0.362. The van der Waals surface area contributed by atoms with Crippen LogP contribution in [0, 0.1) is 0 Å². The van der Waals surface area contributed by atoms with Crippen molar-refractivity contribution in [1.29, 1.82) is 0 Å². The maximum atomic E-state index is 12.8. The van der Waals surface area contributed by atoms with Gasteiger partial charge < -0.3 is 9.15 Å². The number of nitrogens with zero attached hydrogens (tertiary/aromatic N) is 1. The number of amides is 2. The number of pyridine rings is 1. The average molecular weight is 387 g/mol. The predicted molar refractivity (Wildman–Crippen MR) is 107 cm³/mol. The van der Waals surface area contributed by atoms with Crippen molar-refractivity contribution >= 4 is 22.7 Å². The molecule has 0 atom stereocenters. The molecule has 7 nitrogen and oxygen atoms in total. The van der Waals surface area contributed by atoms with E-state index in [0.717, 1.165) is 0 Å². The number of rotatable bonds is 4. The van der Waals surface area contributed by atoms with Gasteiger partial charge in [0.1, 0.15) is 11.4 Å². The molecular weight excluding hydrogens is 370 g/mol. The lowest BCUT2D eigenvalue weighted by Crippen LogP contribution is -2.41. The lowest BCUT2D eigenvalue weighted by molar-refractivity contribution is 0.0847. The van der Waals surface area contributed by atoms with Crippen LogP contribution in [-0.4, -0.2) is 23.9 Å². The fourth-order valence-corrected chi connectivity index (χ4v) is 2.93. The van der Waals surface area contributed by atoms with E-state index in [1.807, 2.05) is 18.2 Å². The number of nitrogens with one attached hydrogen (secondary N) is 2. The van der Waals surface area contributed by atoms with Gasteiger partial charge in [-0.25, -0.2) is 4.98 Å². The van der Waals surface area contributed by atoms with E-state index < -0.39 is 11.8 Å². The van der Waals surface area contributed by atoms with Gasteiger partial charge in [-0.15, -0.1) is 0 Å². The quantitative estimate of drug-likeness (QED) is 0.522. The Morgan fingerprint density at radius 1 is 0.931 bits per heavy atom. The number of methoxy groups -OCH3 is 1. The number of fused-ring (bicyclic) bond motifs is 1. The van der Waals surface area contributed by atoms with E-state index in [-0.39, 0.29) is 0 Å². The molecule has 0 saturated heterocycles. The van der Waals surface area contributed by atoms with E-state index in [1.54, 1.807) is 54.8 Å². The maximum Gasteiger partial charge on any atom is 0.270 e. The molecule has 29 heavy (non-hydrogen) atoms. The highest BCUT2D eigenvalue weighted by molar-refractivity contribution is 6.08. The molecule has 0 spiro atoms. The lowest BCUT2D eigenvalue weighted by atomic mass is 10.1. The molecule has 0 saturated carbocycles. The number of ether oxygens (including phenoxy) is 1. The van der Waals surface area contributed by atoms with Gasteiger partial charge in [-0.3, -0.25) is 20.4 Å². The van der Waals surface area contributed by atoms with Gasteiger partial charge in [0.2, 0.25) is 0 Å². The van der Waals surface area contributed by atoms with Gasteiger partial charge in [0.25, 0.3) is 11.8 Å². The molecule has 0 fully saturated rings. The van der Waals surface area contributed by atoms with Crippen LogP contribution in [0.4, 0.5) is 0 Å². The van der Waals surface area contributed by atoms with Crippen molar-refractivity contribution in [3.63, 3.8) is 0 Å². The molecule has 0 aliphatic heterocycles. The number of hydrogen-bond donors (Lipinski definition) is 2. The number of furan rings is 1. The second-order valence-corrected chi connectivity index (χ2v) is 6.19. The Balaban J connectivity index is 1.60. The van der Waals surface area contributed by atoms with Gasteiger partial charge in [-0.2, -0.15) is 0 Å². The molecular formula is C22H17N3O4. The van der Waals surface area contributed by atoms with E-state index in [2.05, 4.69) is 15.8 Å². The van der Waals surface area contributed by atoms with Crippen LogP contribution in [0.3, 0.4) is 0 Å². The van der Waals surface area contributed by atoms with Crippen LogP contribution < -0.4 is 15.6 Å². The second-order valence-electron chi connectivity index (χ2n) is 6.19. The predicted octanol–water partition coefficient (Wildman–Crippen LogP) is 3.58. The smallest absolute Gasteiger partial charge is 0.270 e. The molecule has 2 N–H and O–H groups in total. The molecule has 2 aromatic carbocycles. The first-order valence-electron chi connectivity index (χ1n) is 8.84. The third kappa shape index (κ3) is 3.79. The molecule has 0 radical (unpaired) electrons.